The molecule has 4 atom stereocenters. The van der Waals surface area contributed by atoms with E-state index in [1.807, 2.05) is 72.6 Å². The number of carbonyl (C=O) groups excluding carboxylic acids is 3. The van der Waals surface area contributed by atoms with Crippen LogP contribution in [0.4, 0.5) is 5.69 Å². The lowest BCUT2D eigenvalue weighted by atomic mass is 9.62. The van der Waals surface area contributed by atoms with E-state index in [1.165, 1.54) is 14.2 Å². The van der Waals surface area contributed by atoms with E-state index in [0.29, 0.717) is 40.7 Å². The van der Waals surface area contributed by atoms with E-state index in [1.54, 1.807) is 42.5 Å². The number of hydrogen-bond acceptors (Lipinski definition) is 7. The highest BCUT2D eigenvalue weighted by molar-refractivity contribution is 6.17. The van der Waals surface area contributed by atoms with Gasteiger partial charge >= 0.3 is 0 Å². The number of rotatable bonds is 9. The van der Waals surface area contributed by atoms with E-state index in [-0.39, 0.29) is 23.0 Å². The average Bonchev–Trinajstić information content (AvgIpc) is 3.58. The summed E-state index contributed by atoms with van der Waals surface area (Å²) in [5.41, 5.74) is 2.34. The highest BCUT2D eigenvalue weighted by Crippen LogP contribution is 2.62. The van der Waals surface area contributed by atoms with Gasteiger partial charge in [-0.25, -0.2) is 0 Å². The number of fused-ring (bicyclic) bond motifs is 6. The molecular weight excluding hydrogens is 580 g/mol. The predicted molar refractivity (Wildman–Crippen MR) is 175 cm³/mol. The van der Waals surface area contributed by atoms with Crippen molar-refractivity contribution in [2.24, 2.45) is 5.92 Å². The maximum atomic E-state index is 15.1. The summed E-state index contributed by atoms with van der Waals surface area (Å²) in [6.07, 6.45) is 4.64. The first-order valence-electron chi connectivity index (χ1n) is 15.4. The van der Waals surface area contributed by atoms with Gasteiger partial charge in [0.1, 0.15) is 28.7 Å². The number of carbonyl (C=O) groups is 3. The number of anilines is 1. The second kappa shape index (κ2) is 11.5. The van der Waals surface area contributed by atoms with Crippen LogP contribution in [0.2, 0.25) is 0 Å². The van der Waals surface area contributed by atoms with Crippen LogP contribution in [0.5, 0.6) is 17.2 Å². The van der Waals surface area contributed by atoms with Gasteiger partial charge in [0.2, 0.25) is 5.91 Å². The van der Waals surface area contributed by atoms with Crippen molar-refractivity contribution in [1.29, 1.82) is 0 Å². The van der Waals surface area contributed by atoms with Crippen LogP contribution in [0.1, 0.15) is 56.8 Å². The minimum absolute atomic E-state index is 0.266. The lowest BCUT2D eigenvalue weighted by Gasteiger charge is -2.38. The number of Topliss-reactive ketones (excluding diaryl/α,β-unsaturated/α-hetero) is 2. The number of amides is 1. The zero-order valence-corrected chi connectivity index (χ0v) is 25.9. The molecule has 3 aliphatic heterocycles. The fourth-order valence-electron chi connectivity index (χ4n) is 7.45. The van der Waals surface area contributed by atoms with Crippen LogP contribution in [-0.4, -0.2) is 49.2 Å². The Hall–Kier alpha value is -5.37. The average molecular weight is 615 g/mol. The van der Waals surface area contributed by atoms with Gasteiger partial charge < -0.3 is 24.4 Å². The number of nitrogens with one attached hydrogen (secondary N) is 1. The highest BCUT2D eigenvalue weighted by Gasteiger charge is 2.70. The van der Waals surface area contributed by atoms with Gasteiger partial charge in [-0.15, -0.1) is 0 Å². The molecule has 0 unspecified atom stereocenters. The quantitative estimate of drug-likeness (QED) is 0.216. The molecule has 1 N–H and O–H groups in total. The molecule has 0 radical (unpaired) electrons. The number of para-hydroxylation sites is 1. The Morgan fingerprint density at radius 2 is 1.61 bits per heavy atom. The molecule has 1 spiro atoms. The van der Waals surface area contributed by atoms with Crippen LogP contribution >= 0.6 is 0 Å². The number of nitrogens with zero attached hydrogens (tertiary/aromatic N) is 1. The second-order valence-corrected chi connectivity index (χ2v) is 11.8. The lowest BCUT2D eigenvalue weighted by Crippen LogP contribution is -2.49. The molecule has 7 rings (SSSR count). The van der Waals surface area contributed by atoms with E-state index in [4.69, 9.17) is 14.2 Å². The van der Waals surface area contributed by atoms with Crippen LogP contribution in [0.3, 0.4) is 0 Å². The normalized spacial score (nSPS) is 22.1. The van der Waals surface area contributed by atoms with Gasteiger partial charge in [-0.3, -0.25) is 14.4 Å². The van der Waals surface area contributed by atoms with Crippen molar-refractivity contribution in [2.45, 2.75) is 30.8 Å². The first-order valence-corrected chi connectivity index (χ1v) is 15.4. The van der Waals surface area contributed by atoms with Crippen molar-refractivity contribution in [2.75, 3.05) is 26.1 Å². The molecule has 1 fully saturated rings. The maximum Gasteiger partial charge on any atom is 0.238 e. The molecule has 3 aliphatic rings. The number of hydrogen-bond donors (Lipinski definition) is 1. The standard InChI is InChI=1S/C38H34N2O6/c1-4-21-46-25-15-13-24(14-16-25)34(41)32-33(35(42)28-22-26(44-2)17-18-31(28)45-3)40-20-19-23-9-5-6-10-27(23)36(40)38(32)29-11-7-8-12-30(29)39-37(38)43/h5-20,22,32-33,36H,4,21H2,1-3H3,(H,39,43)/t32-,33+,36-,38-/m0/s1. The van der Waals surface area contributed by atoms with Gasteiger partial charge in [0.05, 0.1) is 38.3 Å². The zero-order chi connectivity index (χ0) is 32.0. The molecule has 8 nitrogen and oxygen atoms in total. The van der Waals surface area contributed by atoms with Crippen LogP contribution in [0.25, 0.3) is 6.08 Å². The number of ketones is 2. The molecule has 0 bridgehead atoms. The molecule has 232 valence electrons. The van der Waals surface area contributed by atoms with E-state index in [0.717, 1.165) is 17.5 Å². The van der Waals surface area contributed by atoms with Gasteiger partial charge in [0, 0.05) is 17.5 Å². The van der Waals surface area contributed by atoms with Crippen molar-refractivity contribution < 1.29 is 28.6 Å². The number of ether oxygens (including phenoxy) is 3. The first kappa shape index (κ1) is 29.3. The van der Waals surface area contributed by atoms with Crippen LogP contribution in [-0.2, 0) is 10.2 Å². The Kier molecular flexibility index (Phi) is 7.35. The minimum Gasteiger partial charge on any atom is -0.497 e. The van der Waals surface area contributed by atoms with Crippen molar-refractivity contribution in [3.63, 3.8) is 0 Å². The van der Waals surface area contributed by atoms with Gasteiger partial charge in [0.15, 0.2) is 11.6 Å². The van der Waals surface area contributed by atoms with E-state index in [2.05, 4.69) is 5.32 Å². The summed E-state index contributed by atoms with van der Waals surface area (Å²) in [5, 5.41) is 3.08. The van der Waals surface area contributed by atoms with Gasteiger partial charge in [-0.05, 0) is 77.7 Å². The summed E-state index contributed by atoms with van der Waals surface area (Å²) in [6.45, 7) is 2.58. The molecule has 0 saturated carbocycles. The summed E-state index contributed by atoms with van der Waals surface area (Å²) in [7, 11) is 3.03. The second-order valence-electron chi connectivity index (χ2n) is 11.8. The molecule has 0 aliphatic carbocycles. The molecule has 4 aromatic rings. The van der Waals surface area contributed by atoms with Crippen LogP contribution < -0.4 is 19.5 Å². The fraction of sp³-hybridized carbons (Fsp3) is 0.237. The van der Waals surface area contributed by atoms with Gasteiger partial charge in [0.25, 0.3) is 0 Å². The predicted octanol–water partition coefficient (Wildman–Crippen LogP) is 6.47. The summed E-state index contributed by atoms with van der Waals surface area (Å²) < 4.78 is 16.9. The molecule has 1 saturated heterocycles. The third-order valence-corrected chi connectivity index (χ3v) is 9.41. The molecule has 3 heterocycles. The van der Waals surface area contributed by atoms with E-state index < -0.39 is 23.4 Å². The summed E-state index contributed by atoms with van der Waals surface area (Å²) >= 11 is 0. The smallest absolute Gasteiger partial charge is 0.238 e. The molecule has 0 aromatic heterocycles. The van der Waals surface area contributed by atoms with Crippen molar-refractivity contribution in [3.05, 3.63) is 125 Å². The van der Waals surface area contributed by atoms with Crippen molar-refractivity contribution >= 4 is 29.2 Å². The third-order valence-electron chi connectivity index (χ3n) is 9.41. The summed E-state index contributed by atoms with van der Waals surface area (Å²) in [6, 6.07) is 25.6. The number of methoxy groups -OCH3 is 2. The minimum atomic E-state index is -1.43. The Labute approximate surface area is 267 Å². The molecule has 1 amide bonds. The van der Waals surface area contributed by atoms with E-state index in [9.17, 15) is 4.79 Å². The fourth-order valence-corrected chi connectivity index (χ4v) is 7.45. The van der Waals surface area contributed by atoms with Crippen LogP contribution in [0.15, 0.2) is 97.2 Å². The largest absolute Gasteiger partial charge is 0.497 e. The molecule has 46 heavy (non-hydrogen) atoms. The Morgan fingerprint density at radius 1 is 0.870 bits per heavy atom. The maximum absolute atomic E-state index is 15.1. The Morgan fingerprint density at radius 3 is 2.37 bits per heavy atom. The van der Waals surface area contributed by atoms with Gasteiger partial charge in [-0.1, -0.05) is 49.4 Å². The SMILES string of the molecule is CCCOc1ccc(C(=O)[C@@H]2[C@H](C(=O)c3cc(OC)ccc3OC)N3C=Cc4ccccc4[C@H]3[C@@]23C(=O)Nc2ccccc23)cc1. The topological polar surface area (TPSA) is 94.2 Å². The molecule has 4 aromatic carbocycles. The zero-order valence-electron chi connectivity index (χ0n) is 25.9. The first-order chi connectivity index (χ1) is 22.4. The molecular formula is C38H34N2O6. The van der Waals surface area contributed by atoms with Crippen molar-refractivity contribution in [1.82, 2.24) is 4.90 Å². The number of benzene rings is 4. The van der Waals surface area contributed by atoms with E-state index >= 15 is 9.59 Å². The summed E-state index contributed by atoms with van der Waals surface area (Å²) in [5.74, 6) is -0.612. The molecule has 8 heteroatoms. The monoisotopic (exact) mass is 614 g/mol. The lowest BCUT2D eigenvalue weighted by molar-refractivity contribution is -0.122. The summed E-state index contributed by atoms with van der Waals surface area (Å²) in [4.78, 5) is 46.7. The Bertz CT molecular complexity index is 1880. The van der Waals surface area contributed by atoms with Crippen molar-refractivity contribution in [3.8, 4) is 17.2 Å². The highest BCUT2D eigenvalue weighted by atomic mass is 16.5. The van der Waals surface area contributed by atoms with Crippen LogP contribution in [0, 0.1) is 5.92 Å². The van der Waals surface area contributed by atoms with Gasteiger partial charge in [-0.2, -0.15) is 0 Å². The third kappa shape index (κ3) is 4.31. The Balaban J connectivity index is 1.49.